The van der Waals surface area contributed by atoms with Gasteiger partial charge in [-0.05, 0) is 57.2 Å². The Kier molecular flexibility index (Phi) is 6.61. The molecule has 146 valence electrons. The van der Waals surface area contributed by atoms with Crippen LogP contribution in [0.2, 0.25) is 0 Å². The number of nitrogens with one attached hydrogen (secondary N) is 2. The van der Waals surface area contributed by atoms with Gasteiger partial charge in [-0.25, -0.2) is 13.1 Å². The fraction of sp³-hybridized carbons (Fsp3) is 0.278. The zero-order chi connectivity index (χ0) is 20.2. The number of rotatable bonds is 6. The molecule has 5 nitrogen and oxygen atoms in total. The van der Waals surface area contributed by atoms with Crippen LogP contribution in [0.4, 0.5) is 14.5 Å². The number of alkyl halides is 2. The fourth-order valence-corrected chi connectivity index (χ4v) is 4.22. The number of carbonyl (C=O) groups is 1. The van der Waals surface area contributed by atoms with Crippen molar-refractivity contribution in [1.29, 1.82) is 0 Å². The van der Waals surface area contributed by atoms with Gasteiger partial charge in [0.15, 0.2) is 0 Å². The van der Waals surface area contributed by atoms with Crippen LogP contribution in [0.25, 0.3) is 0 Å². The van der Waals surface area contributed by atoms with Crippen LogP contribution in [0.1, 0.15) is 31.1 Å². The lowest BCUT2D eigenvalue weighted by atomic mass is 10.1. The quantitative estimate of drug-likeness (QED) is 0.690. The van der Waals surface area contributed by atoms with Gasteiger partial charge >= 0.3 is 0 Å². The molecule has 9 heteroatoms. The number of para-hydroxylation sites is 1. The number of carbonyl (C=O) groups excluding carboxylic acids is 1. The number of anilines is 1. The largest absolute Gasteiger partial charge is 0.321 e. The van der Waals surface area contributed by atoms with Crippen molar-refractivity contribution >= 4 is 33.4 Å². The van der Waals surface area contributed by atoms with E-state index < -0.39 is 27.2 Å². The summed E-state index contributed by atoms with van der Waals surface area (Å²) in [7, 11) is -3.71. The Morgan fingerprint density at radius 1 is 1.04 bits per heavy atom. The predicted octanol–water partition coefficient (Wildman–Crippen LogP) is 4.33. The summed E-state index contributed by atoms with van der Waals surface area (Å²) in [5, 5.41) is 2.57. The Morgan fingerprint density at radius 2 is 1.63 bits per heavy atom. The normalized spacial score (nSPS) is 12.2. The second-order valence-corrected chi connectivity index (χ2v) is 9.42. The summed E-state index contributed by atoms with van der Waals surface area (Å²) in [5.74, 6) is -3.13. The highest BCUT2D eigenvalue weighted by atomic mass is 32.2. The molecule has 1 amide bonds. The van der Waals surface area contributed by atoms with Crippen LogP contribution in [0.15, 0.2) is 58.3 Å². The Bertz CT molecular complexity index is 909. The average Bonchev–Trinajstić information content (AvgIpc) is 2.54. The van der Waals surface area contributed by atoms with E-state index >= 15 is 0 Å². The van der Waals surface area contributed by atoms with Crippen LogP contribution in [-0.4, -0.2) is 25.6 Å². The standard InChI is InChI=1S/C18H20F2N2O3S2/c1-18(2,3)22-27(24,25)13-10-8-12(9-11-13)16(23)21-14-6-4-5-7-15(14)26-17(19)20/h4-11,17,22H,1-3H3,(H,21,23). The van der Waals surface area contributed by atoms with Crippen molar-refractivity contribution in [3.63, 3.8) is 0 Å². The summed E-state index contributed by atoms with van der Waals surface area (Å²) in [6.45, 7) is 5.17. The van der Waals surface area contributed by atoms with E-state index in [0.717, 1.165) is 0 Å². The van der Waals surface area contributed by atoms with E-state index in [9.17, 15) is 22.0 Å². The van der Waals surface area contributed by atoms with Gasteiger partial charge in [0.05, 0.1) is 10.6 Å². The SMILES string of the molecule is CC(C)(C)NS(=O)(=O)c1ccc(C(=O)Nc2ccccc2SC(F)F)cc1. The molecule has 2 aromatic carbocycles. The van der Waals surface area contributed by atoms with E-state index in [0.29, 0.717) is 11.8 Å². The predicted molar refractivity (Wildman–Crippen MR) is 103 cm³/mol. The minimum atomic E-state index is -3.71. The summed E-state index contributed by atoms with van der Waals surface area (Å²) >= 11 is 0.338. The molecule has 0 unspecified atom stereocenters. The number of hydrogen-bond donors (Lipinski definition) is 2. The lowest BCUT2D eigenvalue weighted by Gasteiger charge is -2.20. The Hall–Kier alpha value is -1.97. The highest BCUT2D eigenvalue weighted by Gasteiger charge is 2.22. The van der Waals surface area contributed by atoms with Crippen molar-refractivity contribution in [2.75, 3.05) is 5.32 Å². The molecule has 0 radical (unpaired) electrons. The average molecular weight is 414 g/mol. The van der Waals surface area contributed by atoms with Crippen LogP contribution in [0.5, 0.6) is 0 Å². The van der Waals surface area contributed by atoms with E-state index in [1.807, 2.05) is 0 Å². The molecular formula is C18H20F2N2O3S2. The molecule has 0 aromatic heterocycles. The number of amides is 1. The third-order valence-corrected chi connectivity index (χ3v) is 5.78. The molecule has 2 N–H and O–H groups in total. The van der Waals surface area contributed by atoms with E-state index in [1.165, 1.54) is 36.4 Å². The fourth-order valence-electron chi connectivity index (χ4n) is 2.21. The van der Waals surface area contributed by atoms with Gasteiger partial charge in [0, 0.05) is 16.0 Å². The molecule has 0 bridgehead atoms. The Balaban J connectivity index is 2.18. The second-order valence-electron chi connectivity index (χ2n) is 6.71. The van der Waals surface area contributed by atoms with Crippen LogP contribution in [0.3, 0.4) is 0 Å². The minimum absolute atomic E-state index is 0.0302. The minimum Gasteiger partial charge on any atom is -0.321 e. The first-order chi connectivity index (χ1) is 12.5. The zero-order valence-corrected chi connectivity index (χ0v) is 16.6. The van der Waals surface area contributed by atoms with Crippen LogP contribution in [-0.2, 0) is 10.0 Å². The molecule has 0 aliphatic heterocycles. The van der Waals surface area contributed by atoms with Crippen molar-refractivity contribution in [2.24, 2.45) is 0 Å². The van der Waals surface area contributed by atoms with Crippen molar-refractivity contribution in [3.8, 4) is 0 Å². The molecule has 0 aliphatic carbocycles. The lowest BCUT2D eigenvalue weighted by molar-refractivity contribution is 0.102. The van der Waals surface area contributed by atoms with Crippen LogP contribution < -0.4 is 10.0 Å². The van der Waals surface area contributed by atoms with Gasteiger partial charge in [0.1, 0.15) is 0 Å². The number of halogens is 2. The topological polar surface area (TPSA) is 75.3 Å². The molecule has 0 spiro atoms. The number of hydrogen-bond acceptors (Lipinski definition) is 4. The molecule has 2 rings (SSSR count). The third-order valence-electron chi connectivity index (χ3n) is 3.22. The second kappa shape index (κ2) is 8.37. The molecular weight excluding hydrogens is 394 g/mol. The van der Waals surface area contributed by atoms with Gasteiger partial charge in [-0.15, -0.1) is 0 Å². The lowest BCUT2D eigenvalue weighted by Crippen LogP contribution is -2.40. The molecule has 0 saturated heterocycles. The molecule has 0 heterocycles. The van der Waals surface area contributed by atoms with Crippen LogP contribution >= 0.6 is 11.8 Å². The summed E-state index contributed by atoms with van der Waals surface area (Å²) in [4.78, 5) is 12.6. The highest BCUT2D eigenvalue weighted by molar-refractivity contribution is 7.99. The summed E-state index contributed by atoms with van der Waals surface area (Å²) in [6, 6.07) is 11.6. The molecule has 0 aliphatic rings. The molecule has 0 atom stereocenters. The molecule has 0 fully saturated rings. The van der Waals surface area contributed by atoms with E-state index in [2.05, 4.69) is 10.0 Å². The van der Waals surface area contributed by atoms with Gasteiger partial charge in [0.25, 0.3) is 11.7 Å². The Labute approximate surface area is 161 Å². The maximum atomic E-state index is 12.6. The highest BCUT2D eigenvalue weighted by Crippen LogP contribution is 2.31. The number of thioether (sulfide) groups is 1. The summed E-state index contributed by atoms with van der Waals surface area (Å²) in [6.07, 6.45) is 0. The van der Waals surface area contributed by atoms with Gasteiger partial charge in [-0.3, -0.25) is 4.79 Å². The monoisotopic (exact) mass is 414 g/mol. The third kappa shape index (κ3) is 6.30. The number of benzene rings is 2. The maximum absolute atomic E-state index is 12.6. The van der Waals surface area contributed by atoms with E-state index in [-0.39, 0.29) is 21.0 Å². The van der Waals surface area contributed by atoms with Crippen molar-refractivity contribution in [3.05, 3.63) is 54.1 Å². The zero-order valence-electron chi connectivity index (χ0n) is 15.0. The summed E-state index contributed by atoms with van der Waals surface area (Å²) < 4.78 is 52.3. The van der Waals surface area contributed by atoms with Gasteiger partial charge in [0.2, 0.25) is 10.0 Å². The molecule has 27 heavy (non-hydrogen) atoms. The maximum Gasteiger partial charge on any atom is 0.288 e. The summed E-state index contributed by atoms with van der Waals surface area (Å²) in [5.41, 5.74) is -0.165. The molecule has 2 aromatic rings. The Morgan fingerprint density at radius 3 is 2.19 bits per heavy atom. The first-order valence-corrected chi connectivity index (χ1v) is 10.3. The van der Waals surface area contributed by atoms with Crippen molar-refractivity contribution < 1.29 is 22.0 Å². The van der Waals surface area contributed by atoms with Gasteiger partial charge in [-0.2, -0.15) is 8.78 Å². The smallest absolute Gasteiger partial charge is 0.288 e. The number of sulfonamides is 1. The van der Waals surface area contributed by atoms with E-state index in [1.54, 1.807) is 32.9 Å². The van der Waals surface area contributed by atoms with Crippen molar-refractivity contribution in [1.82, 2.24) is 4.72 Å². The van der Waals surface area contributed by atoms with Crippen molar-refractivity contribution in [2.45, 2.75) is 41.9 Å². The molecule has 0 saturated carbocycles. The first-order valence-electron chi connectivity index (χ1n) is 7.97. The van der Waals surface area contributed by atoms with E-state index in [4.69, 9.17) is 0 Å². The van der Waals surface area contributed by atoms with Crippen LogP contribution in [0, 0.1) is 0 Å². The first kappa shape index (κ1) is 21.3. The van der Waals surface area contributed by atoms with Gasteiger partial charge < -0.3 is 5.32 Å². The van der Waals surface area contributed by atoms with Gasteiger partial charge in [-0.1, -0.05) is 23.9 Å².